The molecule has 0 spiro atoms. The lowest BCUT2D eigenvalue weighted by atomic mass is 10.1. The molecular formula is C30H48N4O7S. The van der Waals surface area contributed by atoms with E-state index in [-0.39, 0.29) is 31.2 Å². The summed E-state index contributed by atoms with van der Waals surface area (Å²) in [5.74, 6) is -1.59. The van der Waals surface area contributed by atoms with Gasteiger partial charge < -0.3 is 4.74 Å². The highest BCUT2D eigenvalue weighted by Gasteiger charge is 2.38. The van der Waals surface area contributed by atoms with Crippen molar-refractivity contribution in [1.29, 1.82) is 0 Å². The van der Waals surface area contributed by atoms with Gasteiger partial charge in [-0.3, -0.25) is 14.4 Å². The van der Waals surface area contributed by atoms with Crippen molar-refractivity contribution in [3.8, 4) is 0 Å². The topological polar surface area (TPSA) is 134 Å². The van der Waals surface area contributed by atoms with Crippen LogP contribution in [0.15, 0.2) is 36.4 Å². The Kier molecular flexibility index (Phi) is 14.6. The van der Waals surface area contributed by atoms with Crippen LogP contribution in [0, 0.1) is 11.8 Å². The number of nitrogens with one attached hydrogen (secondary N) is 2. The number of ether oxygens (including phenoxy) is 1. The molecule has 11 nitrogen and oxygen atoms in total. The lowest BCUT2D eigenvalue weighted by Crippen LogP contribution is -2.62. The molecule has 1 heterocycles. The van der Waals surface area contributed by atoms with E-state index in [4.69, 9.17) is 9.57 Å². The molecule has 1 aromatic rings. The molecule has 0 bridgehead atoms. The monoisotopic (exact) mass is 608 g/mol. The number of benzene rings is 1. The minimum absolute atomic E-state index is 0.0682. The van der Waals surface area contributed by atoms with Crippen molar-refractivity contribution in [3.05, 3.63) is 42.0 Å². The fraction of sp³-hybridized carbons (Fsp3) is 0.633. The molecule has 1 aliphatic heterocycles. The van der Waals surface area contributed by atoms with Crippen LogP contribution in [0.5, 0.6) is 0 Å². The Bertz CT molecular complexity index is 1140. The van der Waals surface area contributed by atoms with Crippen molar-refractivity contribution in [2.45, 2.75) is 91.5 Å². The third-order valence-electron chi connectivity index (χ3n) is 6.50. The highest BCUT2D eigenvalue weighted by molar-refractivity contribution is 7.88. The van der Waals surface area contributed by atoms with Gasteiger partial charge in [0.05, 0.1) is 12.3 Å². The number of rotatable bonds is 15. The summed E-state index contributed by atoms with van der Waals surface area (Å²) in [5, 5.41) is 2.41. The van der Waals surface area contributed by atoms with Gasteiger partial charge in [-0.05, 0) is 50.0 Å². The second-order valence-corrected chi connectivity index (χ2v) is 13.3. The molecule has 3 atom stereocenters. The summed E-state index contributed by atoms with van der Waals surface area (Å²) in [7, 11) is -3.73. The minimum atomic E-state index is -3.73. The first-order valence-electron chi connectivity index (χ1n) is 14.7. The minimum Gasteiger partial charge on any atom is -0.350 e. The number of hydrogen-bond acceptors (Lipinski definition) is 7. The van der Waals surface area contributed by atoms with Crippen LogP contribution < -0.4 is 10.2 Å². The lowest BCUT2D eigenvalue weighted by molar-refractivity contribution is -0.206. The quantitative estimate of drug-likeness (QED) is 0.291. The van der Waals surface area contributed by atoms with E-state index in [0.717, 1.165) is 24.7 Å². The van der Waals surface area contributed by atoms with E-state index in [2.05, 4.69) is 10.2 Å². The predicted octanol–water partition coefficient (Wildman–Crippen LogP) is 3.64. The normalized spacial score (nSPS) is 17.3. The molecule has 236 valence electrons. The van der Waals surface area contributed by atoms with Gasteiger partial charge >= 0.3 is 0 Å². The maximum Gasteiger partial charge on any atom is 0.268 e. The molecular weight excluding hydrogens is 560 g/mol. The van der Waals surface area contributed by atoms with Gasteiger partial charge in [-0.15, -0.1) is 0 Å². The number of hydroxylamine groups is 1. The van der Waals surface area contributed by atoms with Gasteiger partial charge in [0.1, 0.15) is 6.04 Å². The molecule has 42 heavy (non-hydrogen) atoms. The summed E-state index contributed by atoms with van der Waals surface area (Å²) in [6, 6.07) is 7.16. The smallest absolute Gasteiger partial charge is 0.268 e. The van der Waals surface area contributed by atoms with Gasteiger partial charge in [-0.2, -0.15) is 0 Å². The van der Waals surface area contributed by atoms with E-state index >= 15 is 0 Å². The third kappa shape index (κ3) is 12.6. The Morgan fingerprint density at radius 1 is 1.07 bits per heavy atom. The average Bonchev–Trinajstić information content (AvgIpc) is 2.93. The van der Waals surface area contributed by atoms with Crippen molar-refractivity contribution in [1.82, 2.24) is 20.2 Å². The van der Waals surface area contributed by atoms with Gasteiger partial charge in [0, 0.05) is 26.0 Å². The van der Waals surface area contributed by atoms with Crippen LogP contribution in [-0.4, -0.2) is 73.9 Å². The van der Waals surface area contributed by atoms with Crippen LogP contribution in [-0.2, 0) is 34.0 Å². The highest BCUT2D eigenvalue weighted by atomic mass is 32.2. The summed E-state index contributed by atoms with van der Waals surface area (Å²) < 4.78 is 31.8. The highest BCUT2D eigenvalue weighted by Crippen LogP contribution is 2.20. The van der Waals surface area contributed by atoms with Crippen LogP contribution in [0.2, 0.25) is 0 Å². The molecule has 3 amide bonds. The van der Waals surface area contributed by atoms with Gasteiger partial charge in [-0.25, -0.2) is 33.5 Å². The molecule has 0 aromatic heterocycles. The van der Waals surface area contributed by atoms with Gasteiger partial charge in [-0.1, -0.05) is 70.2 Å². The van der Waals surface area contributed by atoms with E-state index in [1.807, 2.05) is 64.1 Å². The van der Waals surface area contributed by atoms with E-state index < -0.39 is 46.1 Å². The number of sulfonamides is 1. The molecule has 0 radical (unpaired) electrons. The third-order valence-corrected chi connectivity index (χ3v) is 7.28. The van der Waals surface area contributed by atoms with Crippen molar-refractivity contribution in [2.75, 3.05) is 19.4 Å². The molecule has 0 saturated carbocycles. The Morgan fingerprint density at radius 3 is 2.33 bits per heavy atom. The molecule has 1 aliphatic rings. The number of carbonyl (C=O) groups excluding carboxylic acids is 3. The zero-order chi connectivity index (χ0) is 31.3. The van der Waals surface area contributed by atoms with E-state index in [1.54, 1.807) is 6.08 Å². The Balaban J connectivity index is 2.51. The van der Waals surface area contributed by atoms with Crippen LogP contribution in [0.4, 0.5) is 0 Å². The fourth-order valence-electron chi connectivity index (χ4n) is 4.44. The summed E-state index contributed by atoms with van der Waals surface area (Å²) in [6.07, 6.45) is 7.08. The van der Waals surface area contributed by atoms with Crippen molar-refractivity contribution in [2.24, 2.45) is 11.8 Å². The summed E-state index contributed by atoms with van der Waals surface area (Å²) in [5.41, 5.74) is 3.38. The van der Waals surface area contributed by atoms with Gasteiger partial charge in [0.2, 0.25) is 15.9 Å². The van der Waals surface area contributed by atoms with Crippen molar-refractivity contribution < 1.29 is 32.4 Å². The zero-order valence-corrected chi connectivity index (χ0v) is 26.6. The summed E-state index contributed by atoms with van der Waals surface area (Å²) in [6.45, 7) is 9.74. The fourth-order valence-corrected chi connectivity index (χ4v) is 5.18. The Labute approximate surface area is 251 Å². The van der Waals surface area contributed by atoms with Crippen molar-refractivity contribution in [3.63, 3.8) is 0 Å². The number of amides is 3. The first kappa shape index (κ1) is 35.4. The summed E-state index contributed by atoms with van der Waals surface area (Å²) in [4.78, 5) is 47.0. The number of hydrogen-bond donors (Lipinski definition) is 2. The second kappa shape index (κ2) is 17.3. The standard InChI is InChI=1S/C30H48N4O7S/c1-22(2)18-19-27(35)34(33(21-23(3)4)30(37)24(5)32-42(6,38)39)26(16-12-15-25-13-8-7-9-14-25)29(36)31-41-28-17-10-11-20-40-28/h7-9,12-15,22-24,26,28,32H,10-11,16-21H2,1-6H3,(H,31,36)/t24-,26+,28?/m1/s1. The molecule has 12 heteroatoms. The van der Waals surface area contributed by atoms with Crippen LogP contribution in [0.3, 0.4) is 0 Å². The van der Waals surface area contributed by atoms with Crippen LogP contribution >= 0.6 is 0 Å². The van der Waals surface area contributed by atoms with Crippen molar-refractivity contribution >= 4 is 33.8 Å². The largest absolute Gasteiger partial charge is 0.350 e. The lowest BCUT2D eigenvalue weighted by Gasteiger charge is -2.41. The molecule has 1 unspecified atom stereocenters. The summed E-state index contributed by atoms with van der Waals surface area (Å²) >= 11 is 0. The first-order valence-corrected chi connectivity index (χ1v) is 16.6. The van der Waals surface area contributed by atoms with Crippen LogP contribution in [0.25, 0.3) is 6.08 Å². The molecule has 1 saturated heterocycles. The molecule has 2 N–H and O–H groups in total. The maximum atomic E-state index is 13.9. The number of carbonyl (C=O) groups is 3. The van der Waals surface area contributed by atoms with E-state index in [9.17, 15) is 22.8 Å². The van der Waals surface area contributed by atoms with E-state index in [1.165, 1.54) is 16.9 Å². The van der Waals surface area contributed by atoms with Gasteiger partial charge in [0.15, 0.2) is 6.29 Å². The molecule has 0 aliphatic carbocycles. The average molecular weight is 609 g/mol. The van der Waals surface area contributed by atoms with E-state index in [0.29, 0.717) is 19.4 Å². The Morgan fingerprint density at radius 2 is 1.76 bits per heavy atom. The zero-order valence-electron chi connectivity index (χ0n) is 25.7. The molecule has 1 fully saturated rings. The Hall–Kier alpha value is -2.80. The predicted molar refractivity (Wildman–Crippen MR) is 162 cm³/mol. The van der Waals surface area contributed by atoms with Crippen LogP contribution in [0.1, 0.15) is 78.7 Å². The first-order chi connectivity index (χ1) is 19.8. The maximum absolute atomic E-state index is 13.9. The number of nitrogens with zero attached hydrogens (tertiary/aromatic N) is 2. The van der Waals surface area contributed by atoms with Gasteiger partial charge in [0.25, 0.3) is 11.8 Å². The second-order valence-electron chi connectivity index (χ2n) is 11.5. The SMILES string of the molecule is CC(C)CCC(=O)N([C@@H](CC=Cc1ccccc1)C(=O)NOC1CCCCO1)N(CC(C)C)C(=O)[C@@H](C)NS(C)(=O)=O. The molecule has 2 rings (SSSR count). The molecule has 1 aromatic carbocycles. The number of hydrazine groups is 1.